The molecule has 0 aliphatic rings. The Labute approximate surface area is 130 Å². The summed E-state index contributed by atoms with van der Waals surface area (Å²) in [6.07, 6.45) is 0.906. The normalized spacial score (nSPS) is 12.2. The Bertz CT molecular complexity index is 555. The molecule has 0 aliphatic carbocycles. The molecular weight excluding hydrogens is 370 g/mol. The molecule has 0 saturated carbocycles. The maximum absolute atomic E-state index is 9.26. The summed E-state index contributed by atoms with van der Waals surface area (Å²) < 4.78 is 2.09. The lowest BCUT2D eigenvalue weighted by Gasteiger charge is -2.16. The predicted molar refractivity (Wildman–Crippen MR) is 86.7 cm³/mol. The Hall–Kier alpha value is -1.000. The summed E-state index contributed by atoms with van der Waals surface area (Å²) in [6.45, 7) is 2.14. The van der Waals surface area contributed by atoms with Gasteiger partial charge in [-0.2, -0.15) is 0 Å². The molecule has 2 N–H and O–H groups in total. The van der Waals surface area contributed by atoms with E-state index in [-0.39, 0.29) is 0 Å². The van der Waals surface area contributed by atoms with E-state index in [2.05, 4.69) is 44.1 Å². The fourth-order valence-corrected chi connectivity index (χ4v) is 3.07. The van der Waals surface area contributed by atoms with E-state index >= 15 is 0 Å². The summed E-state index contributed by atoms with van der Waals surface area (Å²) in [4.78, 5) is 0. The number of halogens is 2. The Morgan fingerprint density at radius 3 is 2.42 bits per heavy atom. The Morgan fingerprint density at radius 1 is 1.11 bits per heavy atom. The van der Waals surface area contributed by atoms with Crippen molar-refractivity contribution >= 4 is 37.5 Å². The van der Waals surface area contributed by atoms with E-state index < -0.39 is 0 Å². The molecule has 100 valence electrons. The van der Waals surface area contributed by atoms with Crippen molar-refractivity contribution in [2.45, 2.75) is 19.4 Å². The number of rotatable bonds is 4. The smallest absolute Gasteiger partial charge is 0.115 e. The molecule has 2 aromatic carbocycles. The second-order valence-electron chi connectivity index (χ2n) is 4.54. The fourth-order valence-electron chi connectivity index (χ4n) is 1.91. The van der Waals surface area contributed by atoms with Gasteiger partial charge in [-0.3, -0.25) is 0 Å². The van der Waals surface area contributed by atoms with Crippen LogP contribution < -0.4 is 5.32 Å². The van der Waals surface area contributed by atoms with Crippen molar-refractivity contribution in [3.63, 3.8) is 0 Å². The number of nitrogens with one attached hydrogen (secondary N) is 1. The van der Waals surface area contributed by atoms with Crippen LogP contribution >= 0.6 is 31.9 Å². The first-order chi connectivity index (χ1) is 9.04. The topological polar surface area (TPSA) is 32.3 Å². The molecule has 0 bridgehead atoms. The Morgan fingerprint density at radius 2 is 1.79 bits per heavy atom. The minimum atomic E-state index is 0.306. The van der Waals surface area contributed by atoms with Crippen molar-refractivity contribution in [3.8, 4) is 5.75 Å². The highest BCUT2D eigenvalue weighted by atomic mass is 79.9. The second-order valence-corrected chi connectivity index (χ2v) is 6.31. The zero-order valence-corrected chi connectivity index (χ0v) is 13.7. The number of benzene rings is 2. The van der Waals surface area contributed by atoms with Gasteiger partial charge in [0.15, 0.2) is 0 Å². The van der Waals surface area contributed by atoms with Crippen LogP contribution in [0, 0.1) is 0 Å². The third kappa shape index (κ3) is 4.25. The lowest BCUT2D eigenvalue weighted by molar-refractivity contribution is 0.475. The first kappa shape index (κ1) is 14.4. The van der Waals surface area contributed by atoms with Crippen LogP contribution in [0.1, 0.15) is 12.5 Å². The van der Waals surface area contributed by atoms with Gasteiger partial charge in [0.2, 0.25) is 0 Å². The van der Waals surface area contributed by atoms with E-state index in [1.165, 1.54) is 5.56 Å². The Kier molecular flexibility index (Phi) is 4.88. The van der Waals surface area contributed by atoms with E-state index in [9.17, 15) is 5.11 Å². The van der Waals surface area contributed by atoms with Gasteiger partial charge in [0.1, 0.15) is 5.75 Å². The molecular formula is C15H15Br2NO. The van der Waals surface area contributed by atoms with Gasteiger partial charge in [-0.25, -0.2) is 0 Å². The van der Waals surface area contributed by atoms with E-state index in [1.807, 2.05) is 30.3 Å². The predicted octanol–water partition coefficient (Wildman–Crippen LogP) is 4.96. The summed E-state index contributed by atoms with van der Waals surface area (Å²) in [5.74, 6) is 0.306. The highest BCUT2D eigenvalue weighted by molar-refractivity contribution is 9.11. The number of aromatic hydroxyl groups is 1. The summed E-state index contributed by atoms with van der Waals surface area (Å²) >= 11 is 6.99. The van der Waals surface area contributed by atoms with E-state index in [1.54, 1.807) is 12.1 Å². The molecule has 1 atom stereocenters. The van der Waals surface area contributed by atoms with Crippen molar-refractivity contribution in [2.75, 3.05) is 5.32 Å². The lowest BCUT2D eigenvalue weighted by atomic mass is 10.1. The molecule has 0 amide bonds. The SMILES string of the molecule is CC(Cc1ccc(O)cc1)Nc1ccc(Br)cc1Br. The van der Waals surface area contributed by atoms with Gasteiger partial charge in [-0.1, -0.05) is 28.1 Å². The third-order valence-electron chi connectivity index (χ3n) is 2.81. The zero-order valence-electron chi connectivity index (χ0n) is 10.5. The average Bonchev–Trinajstić information content (AvgIpc) is 2.36. The monoisotopic (exact) mass is 383 g/mol. The van der Waals surface area contributed by atoms with Crippen LogP contribution in [0.3, 0.4) is 0 Å². The van der Waals surface area contributed by atoms with Crippen LogP contribution in [0.4, 0.5) is 5.69 Å². The van der Waals surface area contributed by atoms with Gasteiger partial charge in [-0.05, 0) is 65.2 Å². The van der Waals surface area contributed by atoms with E-state index in [0.717, 1.165) is 21.1 Å². The number of phenols is 1. The molecule has 0 aliphatic heterocycles. The standard InChI is InChI=1S/C15H15Br2NO/c1-10(8-11-2-5-13(19)6-3-11)18-15-7-4-12(16)9-14(15)17/h2-7,9-10,18-19H,8H2,1H3. The molecule has 1 unspecified atom stereocenters. The highest BCUT2D eigenvalue weighted by Crippen LogP contribution is 2.27. The molecule has 0 aromatic heterocycles. The van der Waals surface area contributed by atoms with Crippen molar-refractivity contribution in [3.05, 3.63) is 57.0 Å². The van der Waals surface area contributed by atoms with Gasteiger partial charge in [0.05, 0.1) is 0 Å². The molecule has 4 heteroatoms. The van der Waals surface area contributed by atoms with Crippen molar-refractivity contribution < 1.29 is 5.11 Å². The van der Waals surface area contributed by atoms with Gasteiger partial charge in [0, 0.05) is 20.7 Å². The molecule has 2 aromatic rings. The lowest BCUT2D eigenvalue weighted by Crippen LogP contribution is -2.18. The van der Waals surface area contributed by atoms with E-state index in [0.29, 0.717) is 11.8 Å². The second kappa shape index (κ2) is 6.44. The fraction of sp³-hybridized carbons (Fsp3) is 0.200. The molecule has 2 nitrogen and oxygen atoms in total. The van der Waals surface area contributed by atoms with Crippen LogP contribution in [0.5, 0.6) is 5.75 Å². The quantitative estimate of drug-likeness (QED) is 0.780. The van der Waals surface area contributed by atoms with Gasteiger partial charge in [0.25, 0.3) is 0 Å². The maximum atomic E-state index is 9.26. The average molecular weight is 385 g/mol. The number of anilines is 1. The van der Waals surface area contributed by atoms with Gasteiger partial charge >= 0.3 is 0 Å². The Balaban J connectivity index is 2.01. The van der Waals surface area contributed by atoms with Crippen LogP contribution in [0.2, 0.25) is 0 Å². The zero-order chi connectivity index (χ0) is 13.8. The van der Waals surface area contributed by atoms with E-state index in [4.69, 9.17) is 0 Å². The number of phenolic OH excluding ortho intramolecular Hbond substituents is 1. The molecule has 0 saturated heterocycles. The van der Waals surface area contributed by atoms with Crippen LogP contribution in [-0.2, 0) is 6.42 Å². The van der Waals surface area contributed by atoms with Gasteiger partial charge in [-0.15, -0.1) is 0 Å². The summed E-state index contributed by atoms with van der Waals surface area (Å²) in [7, 11) is 0. The molecule has 0 spiro atoms. The molecule has 0 fully saturated rings. The first-order valence-corrected chi connectivity index (χ1v) is 7.62. The summed E-state index contributed by atoms with van der Waals surface area (Å²) in [6, 6.07) is 13.7. The summed E-state index contributed by atoms with van der Waals surface area (Å²) in [5.41, 5.74) is 2.28. The minimum Gasteiger partial charge on any atom is -0.508 e. The van der Waals surface area contributed by atoms with Crippen molar-refractivity contribution in [1.82, 2.24) is 0 Å². The summed E-state index contributed by atoms with van der Waals surface area (Å²) in [5, 5.41) is 12.7. The molecule has 0 radical (unpaired) electrons. The molecule has 0 heterocycles. The van der Waals surface area contributed by atoms with Crippen molar-refractivity contribution in [1.29, 1.82) is 0 Å². The van der Waals surface area contributed by atoms with Crippen LogP contribution in [-0.4, -0.2) is 11.1 Å². The molecule has 2 rings (SSSR count). The van der Waals surface area contributed by atoms with Gasteiger partial charge < -0.3 is 10.4 Å². The van der Waals surface area contributed by atoms with Crippen molar-refractivity contribution in [2.24, 2.45) is 0 Å². The maximum Gasteiger partial charge on any atom is 0.115 e. The highest BCUT2D eigenvalue weighted by Gasteiger charge is 2.06. The largest absolute Gasteiger partial charge is 0.508 e. The first-order valence-electron chi connectivity index (χ1n) is 6.04. The minimum absolute atomic E-state index is 0.306. The van der Waals surface area contributed by atoms with Crippen LogP contribution in [0.25, 0.3) is 0 Å². The number of hydrogen-bond donors (Lipinski definition) is 2. The molecule has 19 heavy (non-hydrogen) atoms. The van der Waals surface area contributed by atoms with Crippen LogP contribution in [0.15, 0.2) is 51.4 Å². The third-order valence-corrected chi connectivity index (χ3v) is 3.96. The number of hydrogen-bond acceptors (Lipinski definition) is 2.